The molecule has 0 aliphatic carbocycles. The first-order valence-electron chi connectivity index (χ1n) is 9.70. The van der Waals surface area contributed by atoms with Gasteiger partial charge in [0.2, 0.25) is 0 Å². The van der Waals surface area contributed by atoms with E-state index in [4.69, 9.17) is 0 Å². The maximum absolute atomic E-state index is 12.4. The zero-order chi connectivity index (χ0) is 20.1. The number of nitrogens with zero attached hydrogens (tertiary/aromatic N) is 1. The first-order chi connectivity index (χ1) is 14.2. The Bertz CT molecular complexity index is 973. The molecule has 0 spiro atoms. The van der Waals surface area contributed by atoms with Gasteiger partial charge in [0, 0.05) is 30.2 Å². The Labute approximate surface area is 174 Å². The SMILES string of the molecule is O=C(NCc1ccccc1)C(=O)NCC(c1cccs1)N1CCc2ccccc21. The highest BCUT2D eigenvalue weighted by molar-refractivity contribution is 7.10. The van der Waals surface area contributed by atoms with Crippen molar-refractivity contribution in [1.82, 2.24) is 10.6 Å². The summed E-state index contributed by atoms with van der Waals surface area (Å²) in [6, 6.07) is 22.0. The normalized spacial score (nSPS) is 13.6. The van der Waals surface area contributed by atoms with Crippen LogP contribution < -0.4 is 15.5 Å². The van der Waals surface area contributed by atoms with Crippen molar-refractivity contribution in [2.24, 2.45) is 0 Å². The van der Waals surface area contributed by atoms with E-state index in [1.807, 2.05) is 47.8 Å². The Morgan fingerprint density at radius 1 is 0.931 bits per heavy atom. The molecule has 4 rings (SSSR count). The Balaban J connectivity index is 1.40. The lowest BCUT2D eigenvalue weighted by molar-refractivity contribution is -0.139. The minimum absolute atomic E-state index is 0.00419. The predicted octanol–water partition coefficient (Wildman–Crippen LogP) is 3.28. The van der Waals surface area contributed by atoms with Crippen molar-refractivity contribution in [3.63, 3.8) is 0 Å². The van der Waals surface area contributed by atoms with Crippen molar-refractivity contribution in [1.29, 1.82) is 0 Å². The standard InChI is InChI=1S/C23H23N3O2S/c27-22(24-15-17-7-2-1-3-8-17)23(28)25-16-20(21-11-6-14-29-21)26-13-12-18-9-4-5-10-19(18)26/h1-11,14,20H,12-13,15-16H2,(H,24,27)(H,25,28). The fraction of sp³-hybridized carbons (Fsp3) is 0.217. The van der Waals surface area contributed by atoms with E-state index in [9.17, 15) is 9.59 Å². The van der Waals surface area contributed by atoms with Gasteiger partial charge in [0.25, 0.3) is 0 Å². The number of para-hydroxylation sites is 1. The first-order valence-corrected chi connectivity index (χ1v) is 10.6. The molecule has 5 nitrogen and oxygen atoms in total. The summed E-state index contributed by atoms with van der Waals surface area (Å²) in [4.78, 5) is 28.1. The van der Waals surface area contributed by atoms with Crippen molar-refractivity contribution in [2.75, 3.05) is 18.0 Å². The van der Waals surface area contributed by atoms with Crippen molar-refractivity contribution in [3.8, 4) is 0 Å². The third-order valence-corrected chi connectivity index (χ3v) is 6.10. The quantitative estimate of drug-likeness (QED) is 0.619. The number of rotatable bonds is 6. The van der Waals surface area contributed by atoms with Crippen LogP contribution in [0.15, 0.2) is 72.1 Å². The van der Waals surface area contributed by atoms with Crippen LogP contribution in [0.1, 0.15) is 22.0 Å². The molecule has 1 aromatic heterocycles. The summed E-state index contributed by atoms with van der Waals surface area (Å²) >= 11 is 1.67. The minimum Gasteiger partial charge on any atom is -0.361 e. The van der Waals surface area contributed by atoms with Crippen LogP contribution in [0, 0.1) is 0 Å². The molecule has 29 heavy (non-hydrogen) atoms. The van der Waals surface area contributed by atoms with Crippen LogP contribution in [-0.2, 0) is 22.6 Å². The highest BCUT2D eigenvalue weighted by Gasteiger charge is 2.28. The van der Waals surface area contributed by atoms with E-state index in [0.29, 0.717) is 13.1 Å². The van der Waals surface area contributed by atoms with Crippen molar-refractivity contribution in [2.45, 2.75) is 19.0 Å². The summed E-state index contributed by atoms with van der Waals surface area (Å²) < 4.78 is 0. The Morgan fingerprint density at radius 3 is 2.48 bits per heavy atom. The number of carbonyl (C=O) groups excluding carboxylic acids is 2. The lowest BCUT2D eigenvalue weighted by atomic mass is 10.1. The lowest BCUT2D eigenvalue weighted by Crippen LogP contribution is -2.43. The van der Waals surface area contributed by atoms with Crippen molar-refractivity contribution in [3.05, 3.63) is 88.1 Å². The van der Waals surface area contributed by atoms with E-state index < -0.39 is 11.8 Å². The number of amides is 2. The van der Waals surface area contributed by atoms with E-state index in [2.05, 4.69) is 39.8 Å². The number of fused-ring (bicyclic) bond motifs is 1. The summed E-state index contributed by atoms with van der Waals surface area (Å²) in [5, 5.41) is 7.55. The molecule has 1 aliphatic rings. The second kappa shape index (κ2) is 8.92. The average Bonchev–Trinajstić information content (AvgIpc) is 3.44. The molecule has 1 atom stereocenters. The Hall–Kier alpha value is -3.12. The van der Waals surface area contributed by atoms with Crippen LogP contribution in [0.3, 0.4) is 0 Å². The van der Waals surface area contributed by atoms with E-state index in [-0.39, 0.29) is 6.04 Å². The molecule has 0 radical (unpaired) electrons. The number of carbonyl (C=O) groups is 2. The number of hydrogen-bond acceptors (Lipinski definition) is 4. The van der Waals surface area contributed by atoms with Gasteiger partial charge in [-0.2, -0.15) is 0 Å². The molecule has 2 amide bonds. The number of benzene rings is 2. The smallest absolute Gasteiger partial charge is 0.309 e. The maximum atomic E-state index is 12.4. The molecule has 1 aliphatic heterocycles. The second-order valence-corrected chi connectivity index (χ2v) is 7.96. The molecule has 0 bridgehead atoms. The third kappa shape index (κ3) is 4.49. The van der Waals surface area contributed by atoms with Crippen molar-refractivity contribution < 1.29 is 9.59 Å². The zero-order valence-electron chi connectivity index (χ0n) is 16.0. The molecule has 148 valence electrons. The maximum Gasteiger partial charge on any atom is 0.309 e. The molecule has 0 fully saturated rings. The Kier molecular flexibility index (Phi) is 5.91. The summed E-state index contributed by atoms with van der Waals surface area (Å²) in [7, 11) is 0. The van der Waals surface area contributed by atoms with Gasteiger partial charge >= 0.3 is 11.8 Å². The van der Waals surface area contributed by atoms with Gasteiger partial charge in [-0.05, 0) is 35.1 Å². The zero-order valence-corrected chi connectivity index (χ0v) is 16.8. The molecular weight excluding hydrogens is 382 g/mol. The summed E-state index contributed by atoms with van der Waals surface area (Å²) in [6.07, 6.45) is 0.990. The number of anilines is 1. The average molecular weight is 406 g/mol. The van der Waals surface area contributed by atoms with Crippen LogP contribution in [-0.4, -0.2) is 24.9 Å². The fourth-order valence-electron chi connectivity index (χ4n) is 3.66. The predicted molar refractivity (Wildman–Crippen MR) is 116 cm³/mol. The molecular formula is C23H23N3O2S. The molecule has 0 saturated heterocycles. The van der Waals surface area contributed by atoms with Gasteiger partial charge in [-0.3, -0.25) is 9.59 Å². The van der Waals surface area contributed by atoms with Crippen LogP contribution in [0.4, 0.5) is 5.69 Å². The second-order valence-electron chi connectivity index (χ2n) is 6.98. The van der Waals surface area contributed by atoms with E-state index in [0.717, 1.165) is 18.5 Å². The van der Waals surface area contributed by atoms with Gasteiger partial charge in [0.05, 0.1) is 6.04 Å². The molecule has 3 aromatic rings. The van der Waals surface area contributed by atoms with Gasteiger partial charge in [-0.15, -0.1) is 11.3 Å². The lowest BCUT2D eigenvalue weighted by Gasteiger charge is -2.30. The molecule has 1 unspecified atom stereocenters. The van der Waals surface area contributed by atoms with Gasteiger partial charge in [-0.25, -0.2) is 0 Å². The molecule has 2 heterocycles. The highest BCUT2D eigenvalue weighted by Crippen LogP contribution is 2.36. The van der Waals surface area contributed by atoms with E-state index in [1.54, 1.807) is 11.3 Å². The summed E-state index contributed by atoms with van der Waals surface area (Å²) in [5.74, 6) is -1.21. The van der Waals surface area contributed by atoms with Crippen LogP contribution >= 0.6 is 11.3 Å². The largest absolute Gasteiger partial charge is 0.361 e. The number of hydrogen-bond donors (Lipinski definition) is 2. The first kappa shape index (κ1) is 19.2. The molecule has 6 heteroatoms. The monoisotopic (exact) mass is 405 g/mol. The number of thiophene rings is 1. The molecule has 0 saturated carbocycles. The van der Waals surface area contributed by atoms with Gasteiger partial charge in [-0.1, -0.05) is 54.6 Å². The van der Waals surface area contributed by atoms with E-state index >= 15 is 0 Å². The Morgan fingerprint density at radius 2 is 1.69 bits per heavy atom. The number of nitrogens with one attached hydrogen (secondary N) is 2. The van der Waals surface area contributed by atoms with Gasteiger partial charge in [0.15, 0.2) is 0 Å². The van der Waals surface area contributed by atoms with Crippen molar-refractivity contribution >= 4 is 28.8 Å². The molecule has 2 aromatic carbocycles. The highest BCUT2D eigenvalue weighted by atomic mass is 32.1. The van der Waals surface area contributed by atoms with Gasteiger partial charge < -0.3 is 15.5 Å². The van der Waals surface area contributed by atoms with E-state index in [1.165, 1.54) is 16.1 Å². The summed E-state index contributed by atoms with van der Waals surface area (Å²) in [6.45, 7) is 1.62. The van der Waals surface area contributed by atoms with Gasteiger partial charge in [0.1, 0.15) is 0 Å². The molecule has 2 N–H and O–H groups in total. The third-order valence-electron chi connectivity index (χ3n) is 5.13. The fourth-order valence-corrected chi connectivity index (χ4v) is 4.50. The van der Waals surface area contributed by atoms with Crippen LogP contribution in [0.25, 0.3) is 0 Å². The van der Waals surface area contributed by atoms with Crippen LogP contribution in [0.2, 0.25) is 0 Å². The minimum atomic E-state index is -0.611. The topological polar surface area (TPSA) is 61.4 Å². The summed E-state index contributed by atoms with van der Waals surface area (Å²) in [5.41, 5.74) is 3.48. The van der Waals surface area contributed by atoms with Crippen LogP contribution in [0.5, 0.6) is 0 Å².